The van der Waals surface area contributed by atoms with Gasteiger partial charge in [0, 0.05) is 24.6 Å². The molecule has 3 aliphatic heterocycles. The van der Waals surface area contributed by atoms with Crippen LogP contribution in [0.3, 0.4) is 0 Å². The number of alkyl carbamates (subject to hydrolysis) is 1. The molecule has 4 rings (SSSR count). The number of amides is 3. The van der Waals surface area contributed by atoms with E-state index in [9.17, 15) is 14.4 Å². The van der Waals surface area contributed by atoms with E-state index in [1.807, 2.05) is 24.3 Å². The van der Waals surface area contributed by atoms with Crippen LogP contribution in [0.2, 0.25) is 0 Å². The maximum Gasteiger partial charge on any atom is 0.408 e. The monoisotopic (exact) mass is 458 g/mol. The van der Waals surface area contributed by atoms with Crippen molar-refractivity contribution in [3.05, 3.63) is 29.8 Å². The van der Waals surface area contributed by atoms with Gasteiger partial charge in [-0.15, -0.1) is 0 Å². The molecule has 1 aromatic rings. The van der Waals surface area contributed by atoms with Gasteiger partial charge < -0.3 is 30.3 Å². The number of nitrogens with one attached hydrogen (secondary N) is 3. The quantitative estimate of drug-likeness (QED) is 0.638. The molecule has 0 spiro atoms. The third-order valence-corrected chi connectivity index (χ3v) is 6.33. The number of hydrogen-bond acceptors (Lipinski definition) is 6. The highest BCUT2D eigenvalue weighted by atomic mass is 16.6. The molecule has 1 aromatic carbocycles. The Morgan fingerprint density at radius 1 is 1.09 bits per heavy atom. The lowest BCUT2D eigenvalue weighted by atomic mass is 10.00. The average Bonchev–Trinajstić information content (AvgIpc) is 3.17. The van der Waals surface area contributed by atoms with Crippen LogP contribution in [-0.4, -0.2) is 66.2 Å². The first-order valence-electron chi connectivity index (χ1n) is 11.8. The SMILES string of the molecule is CC(C)(C)OC(=O)N[C@H]1CNCC[C@H]2CC[C@@H](C(=O)N[C@@H]3CCOc4ccccc43)N2C1=O. The maximum absolute atomic E-state index is 13.5. The van der Waals surface area contributed by atoms with Gasteiger partial charge in [0.05, 0.1) is 12.6 Å². The van der Waals surface area contributed by atoms with Crippen LogP contribution in [0.25, 0.3) is 0 Å². The van der Waals surface area contributed by atoms with E-state index in [0.29, 0.717) is 32.5 Å². The Kier molecular flexibility index (Phi) is 6.78. The molecule has 0 saturated carbocycles. The van der Waals surface area contributed by atoms with Gasteiger partial charge >= 0.3 is 6.09 Å². The Morgan fingerprint density at radius 2 is 1.88 bits per heavy atom. The van der Waals surface area contributed by atoms with Gasteiger partial charge in [-0.3, -0.25) is 9.59 Å². The third-order valence-electron chi connectivity index (χ3n) is 6.33. The summed E-state index contributed by atoms with van der Waals surface area (Å²) in [5.41, 5.74) is 0.292. The standard InChI is InChI=1S/C24H34N4O5/c1-24(2,3)33-23(31)27-18-14-25-12-10-15-8-9-19(28(15)22(18)30)21(29)26-17-11-13-32-20-7-5-4-6-16(17)20/h4-7,15,17-19,25H,8-14H2,1-3H3,(H,26,29)(H,27,31)/t15-,17-,18+,19+/m1/s1. The summed E-state index contributed by atoms with van der Waals surface area (Å²) in [5, 5.41) is 9.09. The summed E-state index contributed by atoms with van der Waals surface area (Å²) in [4.78, 5) is 40.9. The molecule has 33 heavy (non-hydrogen) atoms. The second-order valence-electron chi connectivity index (χ2n) is 9.92. The Labute approximate surface area is 194 Å². The van der Waals surface area contributed by atoms with Crippen LogP contribution >= 0.6 is 0 Å². The van der Waals surface area contributed by atoms with Gasteiger partial charge in [0.25, 0.3) is 0 Å². The first kappa shape index (κ1) is 23.4. The summed E-state index contributed by atoms with van der Waals surface area (Å²) in [5.74, 6) is 0.383. The van der Waals surface area contributed by atoms with Crippen molar-refractivity contribution in [1.29, 1.82) is 0 Å². The number of rotatable bonds is 3. The molecule has 2 fully saturated rings. The predicted octanol–water partition coefficient (Wildman–Crippen LogP) is 1.87. The molecule has 0 aromatic heterocycles. The molecule has 4 atom stereocenters. The summed E-state index contributed by atoms with van der Waals surface area (Å²) in [6, 6.07) is 6.18. The molecule has 3 amide bonds. The van der Waals surface area contributed by atoms with E-state index in [4.69, 9.17) is 9.47 Å². The number of fused-ring (bicyclic) bond motifs is 2. The zero-order chi connectivity index (χ0) is 23.6. The Balaban J connectivity index is 1.48. The van der Waals surface area contributed by atoms with Gasteiger partial charge in [-0.25, -0.2) is 4.79 Å². The third kappa shape index (κ3) is 5.40. The van der Waals surface area contributed by atoms with E-state index >= 15 is 0 Å². The Morgan fingerprint density at radius 3 is 2.67 bits per heavy atom. The van der Waals surface area contributed by atoms with E-state index < -0.39 is 23.8 Å². The zero-order valence-electron chi connectivity index (χ0n) is 19.6. The van der Waals surface area contributed by atoms with E-state index in [-0.39, 0.29) is 23.9 Å². The van der Waals surface area contributed by atoms with Crippen LogP contribution in [0, 0.1) is 0 Å². The number of carbonyl (C=O) groups excluding carboxylic acids is 3. The highest BCUT2D eigenvalue weighted by Crippen LogP contribution is 2.33. The number of hydrogen-bond donors (Lipinski definition) is 3. The molecule has 3 aliphatic rings. The molecule has 0 unspecified atom stereocenters. The molecule has 3 heterocycles. The maximum atomic E-state index is 13.5. The van der Waals surface area contributed by atoms with Crippen LogP contribution in [0.5, 0.6) is 5.75 Å². The molecule has 2 saturated heterocycles. The Bertz CT molecular complexity index is 899. The molecule has 0 aliphatic carbocycles. The highest BCUT2D eigenvalue weighted by molar-refractivity contribution is 5.92. The summed E-state index contributed by atoms with van der Waals surface area (Å²) in [6.07, 6.45) is 2.18. The number of para-hydroxylation sites is 1. The van der Waals surface area contributed by atoms with E-state index in [1.165, 1.54) is 0 Å². The summed E-state index contributed by atoms with van der Waals surface area (Å²) in [7, 11) is 0. The minimum Gasteiger partial charge on any atom is -0.493 e. The van der Waals surface area contributed by atoms with Crippen LogP contribution in [0.4, 0.5) is 4.79 Å². The molecular formula is C24H34N4O5. The zero-order valence-corrected chi connectivity index (χ0v) is 19.6. The molecule has 0 radical (unpaired) electrons. The second-order valence-corrected chi connectivity index (χ2v) is 9.92. The summed E-state index contributed by atoms with van der Waals surface area (Å²) >= 11 is 0. The fourth-order valence-electron chi connectivity index (χ4n) is 4.86. The smallest absolute Gasteiger partial charge is 0.408 e. The molecule has 9 nitrogen and oxygen atoms in total. The second kappa shape index (κ2) is 9.59. The van der Waals surface area contributed by atoms with Crippen molar-refractivity contribution in [2.75, 3.05) is 19.7 Å². The van der Waals surface area contributed by atoms with Gasteiger partial charge in [-0.2, -0.15) is 0 Å². The van der Waals surface area contributed by atoms with Crippen molar-refractivity contribution in [3.8, 4) is 5.75 Å². The molecule has 9 heteroatoms. The van der Waals surface area contributed by atoms with Crippen LogP contribution in [0.15, 0.2) is 24.3 Å². The van der Waals surface area contributed by atoms with Crippen molar-refractivity contribution >= 4 is 17.9 Å². The molecule has 0 bridgehead atoms. The van der Waals surface area contributed by atoms with Crippen LogP contribution < -0.4 is 20.7 Å². The first-order valence-corrected chi connectivity index (χ1v) is 11.8. The fourth-order valence-corrected chi connectivity index (χ4v) is 4.86. The predicted molar refractivity (Wildman–Crippen MR) is 122 cm³/mol. The topological polar surface area (TPSA) is 109 Å². The largest absolute Gasteiger partial charge is 0.493 e. The van der Waals surface area contributed by atoms with Crippen molar-refractivity contribution in [3.63, 3.8) is 0 Å². The first-order chi connectivity index (χ1) is 15.7. The number of nitrogens with zero attached hydrogens (tertiary/aromatic N) is 1. The lowest BCUT2D eigenvalue weighted by Gasteiger charge is -2.36. The number of benzene rings is 1. The lowest BCUT2D eigenvalue weighted by Crippen LogP contribution is -2.60. The fraction of sp³-hybridized carbons (Fsp3) is 0.625. The minimum atomic E-state index is -0.792. The Hall–Kier alpha value is -2.81. The number of carbonyl (C=O) groups is 3. The van der Waals surface area contributed by atoms with Crippen molar-refractivity contribution in [2.24, 2.45) is 0 Å². The van der Waals surface area contributed by atoms with Gasteiger partial charge in [0.1, 0.15) is 23.4 Å². The van der Waals surface area contributed by atoms with Gasteiger partial charge in [-0.1, -0.05) is 18.2 Å². The molecule has 180 valence electrons. The normalized spacial score (nSPS) is 27.4. The van der Waals surface area contributed by atoms with E-state index in [0.717, 1.165) is 24.2 Å². The van der Waals surface area contributed by atoms with Crippen LogP contribution in [-0.2, 0) is 14.3 Å². The molecule has 3 N–H and O–H groups in total. The van der Waals surface area contributed by atoms with E-state index in [2.05, 4.69) is 16.0 Å². The van der Waals surface area contributed by atoms with Gasteiger partial charge in [0.15, 0.2) is 0 Å². The average molecular weight is 459 g/mol. The van der Waals surface area contributed by atoms with E-state index in [1.54, 1.807) is 25.7 Å². The van der Waals surface area contributed by atoms with Gasteiger partial charge in [-0.05, 0) is 52.6 Å². The van der Waals surface area contributed by atoms with Crippen LogP contribution in [0.1, 0.15) is 58.1 Å². The lowest BCUT2D eigenvalue weighted by molar-refractivity contribution is -0.142. The van der Waals surface area contributed by atoms with Crippen molar-refractivity contribution in [1.82, 2.24) is 20.9 Å². The number of ether oxygens (including phenoxy) is 2. The van der Waals surface area contributed by atoms with Crippen molar-refractivity contribution in [2.45, 2.75) is 76.2 Å². The highest BCUT2D eigenvalue weighted by Gasteiger charge is 2.44. The summed E-state index contributed by atoms with van der Waals surface area (Å²) < 4.78 is 11.0. The summed E-state index contributed by atoms with van der Waals surface area (Å²) in [6.45, 7) is 6.86. The van der Waals surface area contributed by atoms with Crippen molar-refractivity contribution < 1.29 is 23.9 Å². The minimum absolute atomic E-state index is 0.0361. The van der Waals surface area contributed by atoms with Gasteiger partial charge in [0.2, 0.25) is 11.8 Å². The molecular weight excluding hydrogens is 424 g/mol.